The molecule has 0 unspecified atom stereocenters. The van der Waals surface area contributed by atoms with Crippen LogP contribution < -0.4 is 16.1 Å². The predicted molar refractivity (Wildman–Crippen MR) is 109 cm³/mol. The van der Waals surface area contributed by atoms with Gasteiger partial charge in [-0.15, -0.1) is 6.58 Å². The Labute approximate surface area is 171 Å². The van der Waals surface area contributed by atoms with E-state index in [4.69, 9.17) is 4.84 Å². The second-order valence-corrected chi connectivity index (χ2v) is 7.62. The molecule has 0 aliphatic heterocycles. The van der Waals surface area contributed by atoms with Crippen LogP contribution in [0.1, 0.15) is 32.8 Å². The molecule has 1 aromatic carbocycles. The van der Waals surface area contributed by atoms with Crippen LogP contribution >= 0.6 is 0 Å². The molecule has 4 N–H and O–H groups in total. The molecule has 29 heavy (non-hydrogen) atoms. The smallest absolute Gasteiger partial charge is 0.250 e. The van der Waals surface area contributed by atoms with Crippen molar-refractivity contribution < 1.29 is 24.3 Å². The maximum absolute atomic E-state index is 12.6. The summed E-state index contributed by atoms with van der Waals surface area (Å²) in [5, 5.41) is 15.5. The highest BCUT2D eigenvalue weighted by Crippen LogP contribution is 2.13. The zero-order valence-electron chi connectivity index (χ0n) is 17.4. The molecule has 8 heteroatoms. The average molecular weight is 405 g/mol. The van der Waals surface area contributed by atoms with Gasteiger partial charge in [0.1, 0.15) is 12.1 Å². The van der Waals surface area contributed by atoms with E-state index >= 15 is 0 Å². The topological polar surface area (TPSA) is 117 Å². The Balaban J connectivity index is 2.87. The Hall–Kier alpha value is -2.71. The van der Waals surface area contributed by atoms with Crippen LogP contribution in [0.15, 0.2) is 43.0 Å². The number of hydroxylamine groups is 1. The summed E-state index contributed by atoms with van der Waals surface area (Å²) in [6, 6.07) is 8.26. The molecule has 3 amide bonds. The van der Waals surface area contributed by atoms with Crippen molar-refractivity contribution in [2.24, 2.45) is 5.92 Å². The lowest BCUT2D eigenvalue weighted by atomic mass is 9.96. The van der Waals surface area contributed by atoms with Crippen molar-refractivity contribution in [3.63, 3.8) is 0 Å². The van der Waals surface area contributed by atoms with E-state index in [1.165, 1.54) is 13.1 Å². The van der Waals surface area contributed by atoms with Crippen molar-refractivity contribution >= 4 is 17.7 Å². The molecule has 0 bridgehead atoms. The summed E-state index contributed by atoms with van der Waals surface area (Å²) >= 11 is 0. The van der Waals surface area contributed by atoms with Crippen LogP contribution in [0.25, 0.3) is 0 Å². The molecule has 0 heterocycles. The molecule has 8 nitrogen and oxygen atoms in total. The molecule has 0 saturated heterocycles. The van der Waals surface area contributed by atoms with Gasteiger partial charge in [-0.05, 0) is 32.8 Å². The summed E-state index contributed by atoms with van der Waals surface area (Å²) < 4.78 is 0. The number of aliphatic hydroxyl groups excluding tert-OH is 1. The third-order valence-electron chi connectivity index (χ3n) is 4.03. The number of carbonyl (C=O) groups is 3. The van der Waals surface area contributed by atoms with E-state index in [1.54, 1.807) is 20.8 Å². The standard InChI is InChI=1S/C21H31N3O5/c1-6-10-15(18(26)24-29-21(2,3)4)17(25)20(28)23-16(19(27)22-5)13-14-11-8-7-9-12-14/h6-9,11-12,15-17,25H,1,10,13H2,2-5H3,(H,22,27)(H,23,28)(H,24,26)/t15-,16-,17+/m0/s1. The van der Waals surface area contributed by atoms with Crippen molar-refractivity contribution in [2.45, 2.75) is 51.4 Å². The van der Waals surface area contributed by atoms with Gasteiger partial charge in [-0.2, -0.15) is 0 Å². The molecule has 0 fully saturated rings. The summed E-state index contributed by atoms with van der Waals surface area (Å²) in [7, 11) is 1.46. The van der Waals surface area contributed by atoms with Crippen LogP contribution in [0, 0.1) is 5.92 Å². The number of likely N-dealkylation sites (N-methyl/N-ethyl adjacent to an activating group) is 1. The van der Waals surface area contributed by atoms with Crippen molar-refractivity contribution in [3.05, 3.63) is 48.6 Å². The third kappa shape index (κ3) is 8.45. The van der Waals surface area contributed by atoms with E-state index in [0.29, 0.717) is 0 Å². The van der Waals surface area contributed by atoms with Crippen molar-refractivity contribution in [1.82, 2.24) is 16.1 Å². The van der Waals surface area contributed by atoms with Gasteiger partial charge in [-0.3, -0.25) is 19.2 Å². The SMILES string of the molecule is C=CC[C@H](C(=O)NOC(C)(C)C)[C@@H](O)C(=O)N[C@@H](Cc1ccccc1)C(=O)NC. The summed E-state index contributed by atoms with van der Waals surface area (Å²) in [5.74, 6) is -3.00. The lowest BCUT2D eigenvalue weighted by Gasteiger charge is -2.25. The van der Waals surface area contributed by atoms with Gasteiger partial charge < -0.3 is 15.7 Å². The molecule has 0 aliphatic rings. The van der Waals surface area contributed by atoms with Gasteiger partial charge in [0.15, 0.2) is 0 Å². The van der Waals surface area contributed by atoms with Crippen LogP contribution in [0.3, 0.4) is 0 Å². The number of nitrogens with one attached hydrogen (secondary N) is 3. The highest BCUT2D eigenvalue weighted by molar-refractivity contribution is 5.92. The van der Waals surface area contributed by atoms with Gasteiger partial charge >= 0.3 is 0 Å². The molecule has 1 rings (SSSR count). The van der Waals surface area contributed by atoms with E-state index in [0.717, 1.165) is 5.56 Å². The Bertz CT molecular complexity index is 700. The highest BCUT2D eigenvalue weighted by Gasteiger charge is 2.34. The molecule has 0 saturated carbocycles. The van der Waals surface area contributed by atoms with Gasteiger partial charge in [-0.1, -0.05) is 36.4 Å². The molecule has 160 valence electrons. The van der Waals surface area contributed by atoms with E-state index < -0.39 is 41.4 Å². The number of benzene rings is 1. The van der Waals surface area contributed by atoms with E-state index in [-0.39, 0.29) is 12.8 Å². The largest absolute Gasteiger partial charge is 0.382 e. The minimum absolute atomic E-state index is 0.0528. The van der Waals surface area contributed by atoms with Gasteiger partial charge in [0, 0.05) is 13.5 Å². The Kier molecular flexibility index (Phi) is 9.50. The maximum atomic E-state index is 12.6. The molecule has 0 aliphatic carbocycles. The van der Waals surface area contributed by atoms with Crippen LogP contribution in [0.2, 0.25) is 0 Å². The molecular weight excluding hydrogens is 374 g/mol. The summed E-state index contributed by atoms with van der Waals surface area (Å²) in [6.07, 6.45) is 0.0409. The Morgan fingerprint density at radius 1 is 1.14 bits per heavy atom. The number of rotatable bonds is 10. The second kappa shape index (κ2) is 11.3. The first-order valence-electron chi connectivity index (χ1n) is 9.41. The van der Waals surface area contributed by atoms with Crippen LogP contribution in [0.5, 0.6) is 0 Å². The number of allylic oxidation sites excluding steroid dienone is 1. The van der Waals surface area contributed by atoms with E-state index in [1.807, 2.05) is 30.3 Å². The van der Waals surface area contributed by atoms with Crippen molar-refractivity contribution in [2.75, 3.05) is 7.05 Å². The maximum Gasteiger partial charge on any atom is 0.250 e. The monoisotopic (exact) mass is 405 g/mol. The highest BCUT2D eigenvalue weighted by atomic mass is 16.7. The Morgan fingerprint density at radius 3 is 2.28 bits per heavy atom. The van der Waals surface area contributed by atoms with Crippen LogP contribution in [-0.2, 0) is 25.6 Å². The summed E-state index contributed by atoms with van der Waals surface area (Å²) in [5.41, 5.74) is 2.47. The quantitative estimate of drug-likeness (QED) is 0.340. The van der Waals surface area contributed by atoms with Crippen molar-refractivity contribution in [1.29, 1.82) is 0 Å². The first-order valence-corrected chi connectivity index (χ1v) is 9.41. The molecular formula is C21H31N3O5. The molecule has 0 radical (unpaired) electrons. The summed E-state index contributed by atoms with van der Waals surface area (Å²) in [6.45, 7) is 8.80. The van der Waals surface area contributed by atoms with Crippen LogP contribution in [0.4, 0.5) is 0 Å². The second-order valence-electron chi connectivity index (χ2n) is 7.62. The third-order valence-corrected chi connectivity index (χ3v) is 4.03. The first kappa shape index (κ1) is 24.3. The zero-order valence-corrected chi connectivity index (χ0v) is 17.4. The predicted octanol–water partition coefficient (Wildman–Crippen LogP) is 0.859. The minimum atomic E-state index is -1.68. The normalized spacial score (nSPS) is 14.2. The van der Waals surface area contributed by atoms with Crippen LogP contribution in [-0.4, -0.2) is 47.6 Å². The fourth-order valence-electron chi connectivity index (χ4n) is 2.51. The number of hydrogen-bond acceptors (Lipinski definition) is 5. The van der Waals surface area contributed by atoms with Gasteiger partial charge in [0.05, 0.1) is 11.5 Å². The Morgan fingerprint density at radius 2 is 1.76 bits per heavy atom. The first-order chi connectivity index (χ1) is 13.6. The zero-order chi connectivity index (χ0) is 22.0. The summed E-state index contributed by atoms with van der Waals surface area (Å²) in [4.78, 5) is 42.4. The number of aliphatic hydroxyl groups is 1. The fourth-order valence-corrected chi connectivity index (χ4v) is 2.51. The van der Waals surface area contributed by atoms with E-state index in [2.05, 4.69) is 22.7 Å². The molecule has 1 aromatic rings. The molecule has 0 spiro atoms. The number of carbonyl (C=O) groups excluding carboxylic acids is 3. The minimum Gasteiger partial charge on any atom is -0.382 e. The lowest BCUT2D eigenvalue weighted by molar-refractivity contribution is -0.156. The lowest BCUT2D eigenvalue weighted by Crippen LogP contribution is -2.53. The molecule has 3 atom stereocenters. The average Bonchev–Trinajstić information content (AvgIpc) is 2.68. The fraction of sp³-hybridized carbons (Fsp3) is 0.476. The van der Waals surface area contributed by atoms with Crippen molar-refractivity contribution in [3.8, 4) is 0 Å². The number of amides is 3. The number of hydrogen-bond donors (Lipinski definition) is 4. The van der Waals surface area contributed by atoms with Gasteiger partial charge in [-0.25, -0.2) is 5.48 Å². The van der Waals surface area contributed by atoms with Gasteiger partial charge in [0.2, 0.25) is 17.7 Å². The molecule has 0 aromatic heterocycles. The van der Waals surface area contributed by atoms with E-state index in [9.17, 15) is 19.5 Å². The van der Waals surface area contributed by atoms with Gasteiger partial charge in [0.25, 0.3) is 0 Å².